The molecule has 0 saturated carbocycles. The van der Waals surface area contributed by atoms with Crippen LogP contribution in [0.25, 0.3) is 0 Å². The molecule has 22 heavy (non-hydrogen) atoms. The van der Waals surface area contributed by atoms with Crippen molar-refractivity contribution in [2.45, 2.75) is 51.6 Å². The highest BCUT2D eigenvalue weighted by atomic mass is 16.1. The van der Waals surface area contributed by atoms with E-state index in [1.807, 2.05) is 12.1 Å². The van der Waals surface area contributed by atoms with Crippen molar-refractivity contribution in [3.63, 3.8) is 0 Å². The molecule has 1 saturated heterocycles. The molecule has 4 nitrogen and oxygen atoms in total. The summed E-state index contributed by atoms with van der Waals surface area (Å²) in [7, 11) is 0. The smallest absolute Gasteiger partial charge is 0.224 e. The largest absolute Gasteiger partial charge is 0.355 e. The standard InChI is InChI=1S/C18H25N3O/c1-14-4-3-5-15(2)21(14)11-10-20-18(22)12-16-6-8-17(13-19)9-7-16/h6-9,14-15H,3-5,10-12H2,1-2H3,(H,20,22). The number of likely N-dealkylation sites (tertiary alicyclic amines) is 1. The number of carbonyl (C=O) groups excluding carboxylic acids is 1. The number of carbonyl (C=O) groups is 1. The van der Waals surface area contributed by atoms with Gasteiger partial charge in [-0.3, -0.25) is 9.69 Å². The van der Waals surface area contributed by atoms with Crippen molar-refractivity contribution < 1.29 is 4.79 Å². The van der Waals surface area contributed by atoms with Crippen LogP contribution in [0.15, 0.2) is 24.3 Å². The molecule has 4 heteroatoms. The molecule has 2 atom stereocenters. The first-order valence-electron chi connectivity index (χ1n) is 8.11. The minimum atomic E-state index is 0.0435. The molecule has 1 aliphatic heterocycles. The second-order valence-electron chi connectivity index (χ2n) is 6.20. The average molecular weight is 299 g/mol. The molecular weight excluding hydrogens is 274 g/mol. The fourth-order valence-electron chi connectivity index (χ4n) is 3.18. The Balaban J connectivity index is 1.74. The monoisotopic (exact) mass is 299 g/mol. The van der Waals surface area contributed by atoms with E-state index in [-0.39, 0.29) is 5.91 Å². The lowest BCUT2D eigenvalue weighted by molar-refractivity contribution is -0.120. The van der Waals surface area contributed by atoms with Gasteiger partial charge in [-0.1, -0.05) is 18.6 Å². The Morgan fingerprint density at radius 2 is 1.91 bits per heavy atom. The Morgan fingerprint density at radius 3 is 2.50 bits per heavy atom. The summed E-state index contributed by atoms with van der Waals surface area (Å²) < 4.78 is 0. The highest BCUT2D eigenvalue weighted by Gasteiger charge is 2.23. The van der Waals surface area contributed by atoms with Gasteiger partial charge in [0.2, 0.25) is 5.91 Å². The molecule has 1 aromatic carbocycles. The fraction of sp³-hybridized carbons (Fsp3) is 0.556. The zero-order valence-corrected chi connectivity index (χ0v) is 13.5. The number of rotatable bonds is 5. The lowest BCUT2D eigenvalue weighted by Gasteiger charge is -2.39. The fourth-order valence-corrected chi connectivity index (χ4v) is 3.18. The molecule has 1 heterocycles. The van der Waals surface area contributed by atoms with Gasteiger partial charge in [-0.2, -0.15) is 5.26 Å². The minimum Gasteiger partial charge on any atom is -0.355 e. The molecule has 118 valence electrons. The van der Waals surface area contributed by atoms with Gasteiger partial charge < -0.3 is 5.32 Å². The van der Waals surface area contributed by atoms with Crippen LogP contribution in [0.1, 0.15) is 44.2 Å². The van der Waals surface area contributed by atoms with E-state index in [1.54, 1.807) is 12.1 Å². The first-order valence-corrected chi connectivity index (χ1v) is 8.11. The molecule has 0 aliphatic carbocycles. The van der Waals surface area contributed by atoms with Crippen molar-refractivity contribution >= 4 is 5.91 Å². The van der Waals surface area contributed by atoms with Crippen LogP contribution in [0, 0.1) is 11.3 Å². The van der Waals surface area contributed by atoms with Gasteiger partial charge in [0, 0.05) is 25.2 Å². The third kappa shape index (κ3) is 4.57. The van der Waals surface area contributed by atoms with Crippen molar-refractivity contribution in [3.8, 4) is 6.07 Å². The van der Waals surface area contributed by atoms with Crippen LogP contribution in [0.4, 0.5) is 0 Å². The molecule has 2 unspecified atom stereocenters. The van der Waals surface area contributed by atoms with Gasteiger partial charge in [0.15, 0.2) is 0 Å². The van der Waals surface area contributed by atoms with Crippen LogP contribution in [0.2, 0.25) is 0 Å². The van der Waals surface area contributed by atoms with E-state index < -0.39 is 0 Å². The molecule has 1 fully saturated rings. The zero-order valence-electron chi connectivity index (χ0n) is 13.5. The first-order chi connectivity index (χ1) is 10.6. The Kier molecular flexibility index (Phi) is 5.97. The SMILES string of the molecule is CC1CCCC(C)N1CCNC(=O)Cc1ccc(C#N)cc1. The number of nitrogens with one attached hydrogen (secondary N) is 1. The highest BCUT2D eigenvalue weighted by Crippen LogP contribution is 2.21. The molecule has 0 aromatic heterocycles. The number of piperidine rings is 1. The van der Waals surface area contributed by atoms with Crippen LogP contribution in [-0.2, 0) is 11.2 Å². The van der Waals surface area contributed by atoms with Crippen LogP contribution >= 0.6 is 0 Å². The molecule has 2 rings (SSSR count). The first kappa shape index (κ1) is 16.5. The van der Waals surface area contributed by atoms with Gasteiger partial charge in [-0.15, -0.1) is 0 Å². The van der Waals surface area contributed by atoms with E-state index in [4.69, 9.17) is 5.26 Å². The normalized spacial score (nSPS) is 22.0. The van der Waals surface area contributed by atoms with Crippen LogP contribution in [0.5, 0.6) is 0 Å². The quantitative estimate of drug-likeness (QED) is 0.908. The van der Waals surface area contributed by atoms with Gasteiger partial charge in [-0.25, -0.2) is 0 Å². The summed E-state index contributed by atoms with van der Waals surface area (Å²) in [5, 5.41) is 11.8. The predicted molar refractivity (Wildman–Crippen MR) is 87.4 cm³/mol. The molecule has 0 spiro atoms. The molecule has 1 amide bonds. The number of nitriles is 1. The van der Waals surface area contributed by atoms with Crippen molar-refractivity contribution in [2.24, 2.45) is 0 Å². The Labute approximate surface area is 133 Å². The van der Waals surface area contributed by atoms with E-state index in [9.17, 15) is 4.79 Å². The minimum absolute atomic E-state index is 0.0435. The predicted octanol–water partition coefficient (Wildman–Crippen LogP) is 2.48. The van der Waals surface area contributed by atoms with Gasteiger partial charge in [0.25, 0.3) is 0 Å². The Morgan fingerprint density at radius 1 is 1.27 bits per heavy atom. The number of nitrogens with zero attached hydrogens (tertiary/aromatic N) is 2. The molecule has 1 aliphatic rings. The van der Waals surface area contributed by atoms with Gasteiger partial charge in [0.05, 0.1) is 18.1 Å². The summed E-state index contributed by atoms with van der Waals surface area (Å²) in [5.41, 5.74) is 1.56. The lowest BCUT2D eigenvalue weighted by atomic mass is 9.98. The third-order valence-corrected chi connectivity index (χ3v) is 4.52. The maximum absolute atomic E-state index is 12.0. The average Bonchev–Trinajstić information content (AvgIpc) is 2.51. The van der Waals surface area contributed by atoms with Crippen molar-refractivity contribution in [2.75, 3.05) is 13.1 Å². The Hall–Kier alpha value is -1.86. The van der Waals surface area contributed by atoms with Crippen LogP contribution < -0.4 is 5.32 Å². The Bertz CT molecular complexity index is 522. The van der Waals surface area contributed by atoms with E-state index in [1.165, 1.54) is 19.3 Å². The maximum atomic E-state index is 12.0. The van der Waals surface area contributed by atoms with Crippen molar-refractivity contribution in [1.29, 1.82) is 5.26 Å². The van der Waals surface area contributed by atoms with Crippen molar-refractivity contribution in [3.05, 3.63) is 35.4 Å². The summed E-state index contributed by atoms with van der Waals surface area (Å²) in [6.07, 6.45) is 4.19. The second kappa shape index (κ2) is 7.95. The number of hydrogen-bond acceptors (Lipinski definition) is 3. The molecule has 1 N–H and O–H groups in total. The summed E-state index contributed by atoms with van der Waals surface area (Å²) >= 11 is 0. The number of hydrogen-bond donors (Lipinski definition) is 1. The topological polar surface area (TPSA) is 56.1 Å². The summed E-state index contributed by atoms with van der Waals surface area (Å²) in [6.45, 7) is 6.16. The summed E-state index contributed by atoms with van der Waals surface area (Å²) in [5.74, 6) is 0.0435. The second-order valence-corrected chi connectivity index (χ2v) is 6.20. The van der Waals surface area contributed by atoms with Crippen molar-refractivity contribution in [1.82, 2.24) is 10.2 Å². The van der Waals surface area contributed by atoms with E-state index in [2.05, 4.69) is 30.1 Å². The van der Waals surface area contributed by atoms with E-state index in [0.717, 1.165) is 12.1 Å². The third-order valence-electron chi connectivity index (χ3n) is 4.52. The molecule has 0 radical (unpaired) electrons. The summed E-state index contributed by atoms with van der Waals surface area (Å²) in [4.78, 5) is 14.5. The molecular formula is C18H25N3O. The van der Waals surface area contributed by atoms with Gasteiger partial charge >= 0.3 is 0 Å². The number of amides is 1. The lowest BCUT2D eigenvalue weighted by Crippen LogP contribution is -2.47. The number of benzene rings is 1. The van der Waals surface area contributed by atoms with Gasteiger partial charge in [-0.05, 0) is 44.4 Å². The highest BCUT2D eigenvalue weighted by molar-refractivity contribution is 5.78. The molecule has 1 aromatic rings. The molecule has 0 bridgehead atoms. The van der Waals surface area contributed by atoms with E-state index >= 15 is 0 Å². The maximum Gasteiger partial charge on any atom is 0.224 e. The van der Waals surface area contributed by atoms with Crippen LogP contribution in [-0.4, -0.2) is 36.0 Å². The van der Waals surface area contributed by atoms with Gasteiger partial charge in [0.1, 0.15) is 0 Å². The van der Waals surface area contributed by atoms with Crippen LogP contribution in [0.3, 0.4) is 0 Å². The summed E-state index contributed by atoms with van der Waals surface area (Å²) in [6, 6.07) is 10.5. The van der Waals surface area contributed by atoms with E-state index in [0.29, 0.717) is 30.6 Å². The zero-order chi connectivity index (χ0) is 15.9.